The summed E-state index contributed by atoms with van der Waals surface area (Å²) in [6.07, 6.45) is 0.778. The van der Waals surface area contributed by atoms with E-state index >= 15 is 0 Å². The van der Waals surface area contributed by atoms with Crippen LogP contribution in [0.5, 0.6) is 0 Å². The van der Waals surface area contributed by atoms with Gasteiger partial charge in [-0.25, -0.2) is 13.6 Å². The van der Waals surface area contributed by atoms with E-state index in [1.807, 2.05) is 32.9 Å². The fourth-order valence-electron chi connectivity index (χ4n) is 3.22. The molecular weight excluding hydrogens is 390 g/mol. The Hall–Kier alpha value is -3.16. The highest BCUT2D eigenvalue weighted by molar-refractivity contribution is 5.87. The zero-order valence-corrected chi connectivity index (χ0v) is 17.5. The number of amides is 2. The summed E-state index contributed by atoms with van der Waals surface area (Å²) >= 11 is 0. The number of hydrogen-bond acceptors (Lipinski definition) is 4. The van der Waals surface area contributed by atoms with Crippen molar-refractivity contribution < 1.29 is 18.4 Å². The van der Waals surface area contributed by atoms with Gasteiger partial charge in [0, 0.05) is 24.6 Å². The summed E-state index contributed by atoms with van der Waals surface area (Å²) < 4.78 is 26.2. The minimum atomic E-state index is -0.656. The molecule has 0 aromatic heterocycles. The molecule has 1 unspecified atom stereocenters. The van der Waals surface area contributed by atoms with E-state index in [0.717, 1.165) is 36.5 Å². The van der Waals surface area contributed by atoms with Crippen LogP contribution in [-0.2, 0) is 4.84 Å². The van der Waals surface area contributed by atoms with Crippen molar-refractivity contribution in [2.75, 3.05) is 25.0 Å². The van der Waals surface area contributed by atoms with Crippen molar-refractivity contribution in [1.82, 2.24) is 4.90 Å². The van der Waals surface area contributed by atoms with Crippen LogP contribution in [0.15, 0.2) is 47.6 Å². The third-order valence-electron chi connectivity index (χ3n) is 4.56. The summed E-state index contributed by atoms with van der Waals surface area (Å²) in [6.45, 7) is 8.25. The quantitative estimate of drug-likeness (QED) is 0.747. The number of urea groups is 1. The summed E-state index contributed by atoms with van der Waals surface area (Å²) in [5, 5.41) is 6.34. The van der Waals surface area contributed by atoms with Gasteiger partial charge in [-0.05, 0) is 48.4 Å². The third kappa shape index (κ3) is 6.43. The average Bonchev–Trinajstić information content (AvgIpc) is 3.15. The molecule has 6 nitrogen and oxygen atoms in total. The summed E-state index contributed by atoms with van der Waals surface area (Å²) in [5.74, 6) is 0.716. The number of primary amides is 1. The SMILES string of the molecule is CC.Cc1ccc(C2CC3=NOCCN3C2)c(F)c1.NC(=O)Nc1ccc(F)cc1. The second kappa shape index (κ2) is 11.1. The molecule has 0 bridgehead atoms. The van der Waals surface area contributed by atoms with Gasteiger partial charge in [-0.1, -0.05) is 31.1 Å². The number of aryl methyl sites for hydroxylation is 1. The fraction of sp³-hybridized carbons (Fsp3) is 0.364. The van der Waals surface area contributed by atoms with E-state index in [2.05, 4.69) is 15.4 Å². The molecule has 30 heavy (non-hydrogen) atoms. The molecule has 0 radical (unpaired) electrons. The van der Waals surface area contributed by atoms with E-state index in [1.165, 1.54) is 24.3 Å². The maximum Gasteiger partial charge on any atom is 0.316 e. The van der Waals surface area contributed by atoms with E-state index in [4.69, 9.17) is 10.6 Å². The van der Waals surface area contributed by atoms with Crippen molar-refractivity contribution in [2.45, 2.75) is 33.1 Å². The smallest absolute Gasteiger partial charge is 0.316 e. The molecule has 2 aliphatic rings. The number of fused-ring (bicyclic) bond motifs is 1. The first kappa shape index (κ1) is 23.1. The van der Waals surface area contributed by atoms with Crippen molar-refractivity contribution >= 4 is 17.6 Å². The van der Waals surface area contributed by atoms with Crippen molar-refractivity contribution in [3.05, 3.63) is 65.2 Å². The van der Waals surface area contributed by atoms with Crippen LogP contribution in [0.2, 0.25) is 0 Å². The minimum absolute atomic E-state index is 0.101. The third-order valence-corrected chi connectivity index (χ3v) is 4.56. The Labute approximate surface area is 175 Å². The van der Waals surface area contributed by atoms with Crippen LogP contribution >= 0.6 is 0 Å². The molecule has 8 heteroatoms. The number of hydrogen-bond donors (Lipinski definition) is 2. The van der Waals surface area contributed by atoms with Crippen molar-refractivity contribution in [3.8, 4) is 0 Å². The van der Waals surface area contributed by atoms with E-state index in [-0.39, 0.29) is 17.6 Å². The minimum Gasteiger partial charge on any atom is -0.392 e. The molecular formula is C22H28F2N4O2. The number of benzene rings is 2. The molecule has 2 aromatic carbocycles. The van der Waals surface area contributed by atoms with Gasteiger partial charge in [0.1, 0.15) is 24.1 Å². The molecule has 2 heterocycles. The number of oxime groups is 1. The van der Waals surface area contributed by atoms with Gasteiger partial charge in [-0.2, -0.15) is 0 Å². The van der Waals surface area contributed by atoms with Crippen LogP contribution < -0.4 is 11.1 Å². The molecule has 4 rings (SSSR count). The Bertz CT molecular complexity index is 872. The van der Waals surface area contributed by atoms with Crippen LogP contribution in [0.25, 0.3) is 0 Å². The van der Waals surface area contributed by atoms with E-state index in [0.29, 0.717) is 12.3 Å². The number of halogens is 2. The lowest BCUT2D eigenvalue weighted by atomic mass is 9.96. The number of carbonyl (C=O) groups is 1. The first-order chi connectivity index (χ1) is 14.4. The van der Waals surface area contributed by atoms with E-state index < -0.39 is 6.03 Å². The maximum absolute atomic E-state index is 13.9. The molecule has 0 spiro atoms. The van der Waals surface area contributed by atoms with Gasteiger partial charge in [0.2, 0.25) is 0 Å². The van der Waals surface area contributed by atoms with Gasteiger partial charge < -0.3 is 20.8 Å². The number of rotatable bonds is 2. The molecule has 1 fully saturated rings. The molecule has 3 N–H and O–H groups in total. The van der Waals surface area contributed by atoms with Gasteiger partial charge in [0.05, 0.1) is 6.54 Å². The number of anilines is 1. The number of amidine groups is 1. The van der Waals surface area contributed by atoms with Crippen LogP contribution in [-0.4, -0.2) is 36.5 Å². The largest absolute Gasteiger partial charge is 0.392 e. The van der Waals surface area contributed by atoms with Gasteiger partial charge in [-0.3, -0.25) is 0 Å². The standard InChI is InChI=1S/C13H15FN2O.C7H7FN2O.C2H6/c1-9-2-3-11(12(14)6-9)10-7-13-15-17-5-4-16(13)8-10;8-5-1-3-6(4-2-5)10-7(9)11;1-2/h2-3,6,10H,4-5,7-8H2,1H3;1-4H,(H3,9,10,11);1-2H3. The zero-order valence-electron chi connectivity index (χ0n) is 17.5. The fourth-order valence-corrected chi connectivity index (χ4v) is 3.22. The molecule has 1 saturated heterocycles. The number of carbonyl (C=O) groups excluding carboxylic acids is 1. The second-order valence-electron chi connectivity index (χ2n) is 6.71. The maximum atomic E-state index is 13.9. The topological polar surface area (TPSA) is 79.9 Å². The monoisotopic (exact) mass is 418 g/mol. The number of nitrogens with one attached hydrogen (secondary N) is 1. The lowest BCUT2D eigenvalue weighted by Gasteiger charge is -2.21. The molecule has 0 aliphatic carbocycles. The second-order valence-corrected chi connectivity index (χ2v) is 6.71. The predicted molar refractivity (Wildman–Crippen MR) is 114 cm³/mol. The highest BCUT2D eigenvalue weighted by Crippen LogP contribution is 2.31. The Morgan fingerprint density at radius 3 is 2.50 bits per heavy atom. The normalized spacial score (nSPS) is 16.6. The van der Waals surface area contributed by atoms with Gasteiger partial charge in [0.25, 0.3) is 0 Å². The molecule has 2 aliphatic heterocycles. The summed E-state index contributed by atoms with van der Waals surface area (Å²) in [6, 6.07) is 10.2. The summed E-state index contributed by atoms with van der Waals surface area (Å²) in [4.78, 5) is 17.5. The van der Waals surface area contributed by atoms with Crippen LogP contribution in [0, 0.1) is 18.6 Å². The first-order valence-corrected chi connectivity index (χ1v) is 9.94. The van der Waals surface area contributed by atoms with Gasteiger partial charge in [-0.15, -0.1) is 0 Å². The summed E-state index contributed by atoms with van der Waals surface area (Å²) in [7, 11) is 0. The Morgan fingerprint density at radius 1 is 1.20 bits per heavy atom. The predicted octanol–water partition coefficient (Wildman–Crippen LogP) is 4.61. The summed E-state index contributed by atoms with van der Waals surface area (Å²) in [5.41, 5.74) is 7.06. The molecule has 2 aromatic rings. The molecule has 1 atom stereocenters. The highest BCUT2D eigenvalue weighted by Gasteiger charge is 2.32. The van der Waals surface area contributed by atoms with E-state index in [9.17, 15) is 13.6 Å². The first-order valence-electron chi connectivity index (χ1n) is 9.94. The average molecular weight is 418 g/mol. The Balaban J connectivity index is 0.000000215. The van der Waals surface area contributed by atoms with Gasteiger partial charge >= 0.3 is 6.03 Å². The van der Waals surface area contributed by atoms with Crippen LogP contribution in [0.4, 0.5) is 19.3 Å². The Kier molecular flexibility index (Phi) is 8.58. The molecule has 2 amide bonds. The van der Waals surface area contributed by atoms with Crippen LogP contribution in [0.1, 0.15) is 37.3 Å². The van der Waals surface area contributed by atoms with Crippen molar-refractivity contribution in [3.63, 3.8) is 0 Å². The van der Waals surface area contributed by atoms with Crippen molar-refractivity contribution in [1.29, 1.82) is 0 Å². The lowest BCUT2D eigenvalue weighted by molar-refractivity contribution is 0.106. The van der Waals surface area contributed by atoms with Crippen molar-refractivity contribution in [2.24, 2.45) is 10.9 Å². The Morgan fingerprint density at radius 2 is 1.90 bits per heavy atom. The zero-order chi connectivity index (χ0) is 22.1. The number of nitrogens with two attached hydrogens (primary N) is 1. The van der Waals surface area contributed by atoms with Crippen LogP contribution in [0.3, 0.4) is 0 Å². The molecule has 0 saturated carbocycles. The highest BCUT2D eigenvalue weighted by atomic mass is 19.1. The lowest BCUT2D eigenvalue weighted by Crippen LogP contribution is -2.32. The number of nitrogens with zero attached hydrogens (tertiary/aromatic N) is 2. The van der Waals surface area contributed by atoms with Gasteiger partial charge in [0.15, 0.2) is 0 Å². The van der Waals surface area contributed by atoms with E-state index in [1.54, 1.807) is 6.07 Å². The molecule has 162 valence electrons.